The highest BCUT2D eigenvalue weighted by molar-refractivity contribution is 6.31. The first-order valence-corrected chi connectivity index (χ1v) is 9.25. The van der Waals surface area contributed by atoms with Crippen LogP contribution in [-0.2, 0) is 9.59 Å². The summed E-state index contributed by atoms with van der Waals surface area (Å²) in [5, 5.41) is 3.29. The predicted molar refractivity (Wildman–Crippen MR) is 109 cm³/mol. The monoisotopic (exact) mass is 402 g/mol. The molecule has 0 aliphatic carbocycles. The molecule has 2 aromatic carbocycles. The molecule has 0 bridgehead atoms. The molecule has 0 atom stereocenters. The van der Waals surface area contributed by atoms with Crippen molar-refractivity contribution in [2.24, 2.45) is 0 Å². The highest BCUT2D eigenvalue weighted by Crippen LogP contribution is 2.20. The zero-order valence-electron chi connectivity index (χ0n) is 16.1. The number of halogens is 1. The van der Waals surface area contributed by atoms with Crippen LogP contribution in [0.4, 0.5) is 5.69 Å². The van der Waals surface area contributed by atoms with Gasteiger partial charge in [-0.1, -0.05) is 29.8 Å². The minimum absolute atomic E-state index is 0.0834. The topological polar surface area (TPSA) is 75.7 Å². The van der Waals surface area contributed by atoms with Gasteiger partial charge in [0.1, 0.15) is 5.75 Å². The summed E-state index contributed by atoms with van der Waals surface area (Å²) in [6, 6.07) is 11.8. The average Bonchev–Trinajstić information content (AvgIpc) is 2.67. The summed E-state index contributed by atoms with van der Waals surface area (Å²) >= 11 is 5.96. The summed E-state index contributed by atoms with van der Waals surface area (Å²) in [5.41, 5.74) is 1.99. The lowest BCUT2D eigenvalue weighted by Gasteiger charge is -2.21. The molecule has 28 heavy (non-hydrogen) atoms. The van der Waals surface area contributed by atoms with Gasteiger partial charge < -0.3 is 15.0 Å². The van der Waals surface area contributed by atoms with E-state index >= 15 is 0 Å². The number of anilines is 1. The number of carbonyl (C=O) groups excluding carboxylic acids is 3. The smallest absolute Gasteiger partial charge is 0.260 e. The molecule has 0 saturated carbocycles. The predicted octanol–water partition coefficient (Wildman–Crippen LogP) is 3.72. The number of aryl methyl sites for hydroxylation is 1. The van der Waals surface area contributed by atoms with Crippen LogP contribution in [0.15, 0.2) is 42.5 Å². The number of rotatable bonds is 8. The molecule has 0 radical (unpaired) electrons. The molecule has 0 saturated heterocycles. The largest absolute Gasteiger partial charge is 0.484 e. The molecular formula is C21H23ClN2O4. The molecule has 2 rings (SSSR count). The first-order chi connectivity index (χ1) is 13.3. The van der Waals surface area contributed by atoms with Crippen LogP contribution < -0.4 is 10.1 Å². The summed E-state index contributed by atoms with van der Waals surface area (Å²) in [6.07, 6.45) is 0. The summed E-state index contributed by atoms with van der Waals surface area (Å²) in [5.74, 6) is -0.302. The van der Waals surface area contributed by atoms with Crippen molar-refractivity contribution in [3.8, 4) is 5.75 Å². The van der Waals surface area contributed by atoms with Crippen molar-refractivity contribution in [1.29, 1.82) is 0 Å². The Labute approximate surface area is 169 Å². The van der Waals surface area contributed by atoms with Crippen LogP contribution in [0.5, 0.6) is 5.75 Å². The maximum Gasteiger partial charge on any atom is 0.260 e. The van der Waals surface area contributed by atoms with Crippen LogP contribution in [0.1, 0.15) is 29.8 Å². The lowest BCUT2D eigenvalue weighted by Crippen LogP contribution is -2.40. The Kier molecular flexibility index (Phi) is 7.58. The van der Waals surface area contributed by atoms with Crippen molar-refractivity contribution in [3.05, 3.63) is 58.6 Å². The highest BCUT2D eigenvalue weighted by atomic mass is 35.5. The van der Waals surface area contributed by atoms with E-state index in [1.54, 1.807) is 43.3 Å². The number of hydrogen-bond acceptors (Lipinski definition) is 4. The molecule has 7 heteroatoms. The molecule has 0 fully saturated rings. The molecule has 148 valence electrons. The lowest BCUT2D eigenvalue weighted by atomic mass is 10.1. The van der Waals surface area contributed by atoms with E-state index < -0.39 is 0 Å². The molecule has 1 N–H and O–H groups in total. The van der Waals surface area contributed by atoms with Crippen molar-refractivity contribution in [2.45, 2.75) is 20.8 Å². The number of likely N-dealkylation sites (N-methyl/N-ethyl adjacent to an activating group) is 1. The van der Waals surface area contributed by atoms with Crippen LogP contribution in [0, 0.1) is 6.92 Å². The maximum atomic E-state index is 12.4. The molecule has 0 heterocycles. The van der Waals surface area contributed by atoms with Gasteiger partial charge in [0.05, 0.1) is 6.54 Å². The van der Waals surface area contributed by atoms with Gasteiger partial charge in [-0.25, -0.2) is 0 Å². The average molecular weight is 403 g/mol. The van der Waals surface area contributed by atoms with Crippen molar-refractivity contribution in [1.82, 2.24) is 4.90 Å². The van der Waals surface area contributed by atoms with Gasteiger partial charge in [0.15, 0.2) is 12.4 Å². The van der Waals surface area contributed by atoms with Crippen molar-refractivity contribution < 1.29 is 19.1 Å². The van der Waals surface area contributed by atoms with Gasteiger partial charge in [-0.05, 0) is 50.6 Å². The van der Waals surface area contributed by atoms with Crippen molar-refractivity contribution in [3.63, 3.8) is 0 Å². The van der Waals surface area contributed by atoms with E-state index in [4.69, 9.17) is 16.3 Å². The van der Waals surface area contributed by atoms with E-state index in [9.17, 15) is 14.4 Å². The Morgan fingerprint density at radius 2 is 1.89 bits per heavy atom. The summed E-state index contributed by atoms with van der Waals surface area (Å²) in [7, 11) is 0. The molecule has 0 aliphatic rings. The van der Waals surface area contributed by atoms with Crippen LogP contribution in [0.25, 0.3) is 0 Å². The Balaban J connectivity index is 1.93. The number of carbonyl (C=O) groups is 3. The Morgan fingerprint density at radius 3 is 2.57 bits per heavy atom. The summed E-state index contributed by atoms with van der Waals surface area (Å²) < 4.78 is 5.48. The zero-order chi connectivity index (χ0) is 20.7. The third-order valence-corrected chi connectivity index (χ3v) is 4.38. The summed E-state index contributed by atoms with van der Waals surface area (Å²) in [4.78, 5) is 37.5. The van der Waals surface area contributed by atoms with Crippen molar-refractivity contribution in [2.75, 3.05) is 25.0 Å². The molecule has 2 aromatic rings. The number of ketones is 1. The second-order valence-electron chi connectivity index (χ2n) is 6.29. The number of Topliss-reactive ketones (excluding diaryl/α,β-unsaturated/α-hetero) is 1. The third-order valence-electron chi connectivity index (χ3n) is 4.15. The van der Waals surface area contributed by atoms with E-state index in [1.165, 1.54) is 11.8 Å². The first-order valence-electron chi connectivity index (χ1n) is 8.87. The van der Waals surface area contributed by atoms with Crippen LogP contribution in [0.2, 0.25) is 5.02 Å². The number of nitrogens with one attached hydrogen (secondary N) is 1. The first kappa shape index (κ1) is 21.4. The van der Waals surface area contributed by atoms with E-state index in [0.717, 1.165) is 5.56 Å². The Morgan fingerprint density at radius 1 is 1.14 bits per heavy atom. The maximum absolute atomic E-state index is 12.4. The molecule has 0 spiro atoms. The number of hydrogen-bond donors (Lipinski definition) is 1. The van der Waals surface area contributed by atoms with Crippen LogP contribution >= 0.6 is 11.6 Å². The lowest BCUT2D eigenvalue weighted by molar-refractivity contribution is -0.136. The second kappa shape index (κ2) is 9.90. The van der Waals surface area contributed by atoms with E-state index in [2.05, 4.69) is 5.32 Å². The zero-order valence-corrected chi connectivity index (χ0v) is 16.9. The molecular weight excluding hydrogens is 380 g/mol. The fraction of sp³-hybridized carbons (Fsp3) is 0.286. The van der Waals surface area contributed by atoms with Gasteiger partial charge in [-0.15, -0.1) is 0 Å². The van der Waals surface area contributed by atoms with Gasteiger partial charge in [-0.2, -0.15) is 0 Å². The van der Waals surface area contributed by atoms with Crippen LogP contribution in [-0.4, -0.2) is 42.2 Å². The molecule has 0 aromatic heterocycles. The molecule has 0 unspecified atom stereocenters. The van der Waals surface area contributed by atoms with E-state index in [0.29, 0.717) is 28.6 Å². The van der Waals surface area contributed by atoms with Gasteiger partial charge >= 0.3 is 0 Å². The minimum Gasteiger partial charge on any atom is -0.484 e. The number of nitrogens with zero attached hydrogens (tertiary/aromatic N) is 1. The second-order valence-corrected chi connectivity index (χ2v) is 6.72. The Bertz CT molecular complexity index is 882. The van der Waals surface area contributed by atoms with E-state index in [-0.39, 0.29) is 30.7 Å². The van der Waals surface area contributed by atoms with Crippen molar-refractivity contribution >= 4 is 34.9 Å². The van der Waals surface area contributed by atoms with Gasteiger partial charge in [-0.3, -0.25) is 14.4 Å². The summed E-state index contributed by atoms with van der Waals surface area (Å²) in [6.45, 7) is 5.14. The highest BCUT2D eigenvalue weighted by Gasteiger charge is 2.17. The number of benzene rings is 2. The Hall–Kier alpha value is -2.86. The quantitative estimate of drug-likeness (QED) is 0.683. The number of amides is 2. The van der Waals surface area contributed by atoms with Crippen LogP contribution in [0.3, 0.4) is 0 Å². The molecule has 6 nitrogen and oxygen atoms in total. The minimum atomic E-state index is -0.325. The number of ether oxygens (including phenoxy) is 1. The SMILES string of the molecule is CCN(CC(=O)Nc1cc(Cl)ccc1C)C(=O)COc1cccc(C(C)=O)c1. The standard InChI is InChI=1S/C21H23ClN2O4/c1-4-24(12-20(26)23-19-11-17(22)9-8-14(19)2)21(27)13-28-18-7-5-6-16(10-18)15(3)25/h5-11H,4,12-13H2,1-3H3,(H,23,26). The normalized spacial score (nSPS) is 10.3. The molecule has 2 amide bonds. The van der Waals surface area contributed by atoms with E-state index in [1.807, 2.05) is 13.0 Å². The van der Waals surface area contributed by atoms with Gasteiger partial charge in [0.25, 0.3) is 5.91 Å². The fourth-order valence-corrected chi connectivity index (χ4v) is 2.68. The molecule has 0 aliphatic heterocycles. The van der Waals surface area contributed by atoms with Gasteiger partial charge in [0.2, 0.25) is 5.91 Å². The fourth-order valence-electron chi connectivity index (χ4n) is 2.51. The third kappa shape index (κ3) is 6.09. The van der Waals surface area contributed by atoms with Gasteiger partial charge in [0, 0.05) is 22.8 Å².